The lowest BCUT2D eigenvalue weighted by molar-refractivity contribution is 0.0521. The van der Waals surface area contributed by atoms with E-state index >= 15 is 0 Å². The SMILES string of the molecule is CN(C[C@H]1COc2ccccc2O1)C(=O)c1cn(-c2ccccc2)nc1-c1cccnc1. The van der Waals surface area contributed by atoms with Crippen molar-refractivity contribution >= 4 is 5.91 Å². The summed E-state index contributed by atoms with van der Waals surface area (Å²) in [7, 11) is 1.76. The second-order valence-electron chi connectivity index (χ2n) is 7.60. The van der Waals surface area contributed by atoms with E-state index in [1.165, 1.54) is 0 Å². The van der Waals surface area contributed by atoms with Crippen LogP contribution in [0.4, 0.5) is 0 Å². The number of pyridine rings is 1. The Hall–Kier alpha value is -4.13. The quantitative estimate of drug-likeness (QED) is 0.485. The van der Waals surface area contributed by atoms with Gasteiger partial charge in [-0.2, -0.15) is 5.10 Å². The number of nitrogens with zero attached hydrogens (tertiary/aromatic N) is 4. The molecule has 0 spiro atoms. The van der Waals surface area contributed by atoms with Crippen LogP contribution in [0.15, 0.2) is 85.3 Å². The number of ether oxygens (including phenoxy) is 2. The van der Waals surface area contributed by atoms with E-state index in [-0.39, 0.29) is 12.0 Å². The van der Waals surface area contributed by atoms with Gasteiger partial charge in [0.25, 0.3) is 5.91 Å². The number of para-hydroxylation sites is 3. The fraction of sp³-hybridized carbons (Fsp3) is 0.160. The average molecular weight is 426 g/mol. The van der Waals surface area contributed by atoms with E-state index in [0.717, 1.165) is 17.0 Å². The minimum atomic E-state index is -0.259. The van der Waals surface area contributed by atoms with E-state index in [1.807, 2.05) is 66.7 Å². The predicted molar refractivity (Wildman–Crippen MR) is 120 cm³/mol. The molecule has 7 nitrogen and oxygen atoms in total. The molecule has 0 N–H and O–H groups in total. The maximum absolute atomic E-state index is 13.5. The fourth-order valence-electron chi connectivity index (χ4n) is 3.71. The number of benzene rings is 2. The molecule has 1 amide bonds. The van der Waals surface area contributed by atoms with Gasteiger partial charge in [0.15, 0.2) is 17.6 Å². The maximum Gasteiger partial charge on any atom is 0.257 e. The Morgan fingerprint density at radius 3 is 2.62 bits per heavy atom. The van der Waals surface area contributed by atoms with E-state index in [1.54, 1.807) is 35.2 Å². The van der Waals surface area contributed by atoms with Crippen molar-refractivity contribution < 1.29 is 14.3 Å². The first-order valence-corrected chi connectivity index (χ1v) is 10.4. The molecule has 0 radical (unpaired) electrons. The van der Waals surface area contributed by atoms with Crippen molar-refractivity contribution in [1.82, 2.24) is 19.7 Å². The molecule has 1 aliphatic heterocycles. The van der Waals surface area contributed by atoms with Crippen LogP contribution in [0.1, 0.15) is 10.4 Å². The zero-order chi connectivity index (χ0) is 21.9. The highest BCUT2D eigenvalue weighted by Gasteiger charge is 2.27. The van der Waals surface area contributed by atoms with E-state index in [9.17, 15) is 4.79 Å². The van der Waals surface area contributed by atoms with Gasteiger partial charge in [0, 0.05) is 31.2 Å². The van der Waals surface area contributed by atoms with Crippen molar-refractivity contribution in [3.05, 3.63) is 90.9 Å². The first-order chi connectivity index (χ1) is 15.7. The number of fused-ring (bicyclic) bond motifs is 1. The van der Waals surface area contributed by atoms with Gasteiger partial charge in [-0.05, 0) is 36.4 Å². The van der Waals surface area contributed by atoms with Gasteiger partial charge in [0.1, 0.15) is 12.3 Å². The summed E-state index contributed by atoms with van der Waals surface area (Å²) in [5.74, 6) is 1.27. The van der Waals surface area contributed by atoms with E-state index in [4.69, 9.17) is 14.6 Å². The minimum Gasteiger partial charge on any atom is -0.486 e. The standard InChI is InChI=1S/C25H22N4O3/c1-28(15-20-17-31-22-11-5-6-12-23(22)32-20)25(30)21-16-29(19-9-3-2-4-10-19)27-24(21)18-8-7-13-26-14-18/h2-14,16,20H,15,17H2,1H3/t20-/m0/s1. The molecule has 0 unspecified atom stereocenters. The van der Waals surface area contributed by atoms with Gasteiger partial charge in [-0.25, -0.2) is 4.68 Å². The minimum absolute atomic E-state index is 0.145. The molecular formula is C25H22N4O3. The first kappa shape index (κ1) is 19.8. The van der Waals surface area contributed by atoms with Crippen LogP contribution in [0.5, 0.6) is 11.5 Å². The summed E-state index contributed by atoms with van der Waals surface area (Å²) in [6, 6.07) is 21.0. The Bertz CT molecular complexity index is 1220. The number of likely N-dealkylation sites (N-methyl/N-ethyl adjacent to an activating group) is 1. The molecule has 7 heteroatoms. The third-order valence-electron chi connectivity index (χ3n) is 5.29. The fourth-order valence-corrected chi connectivity index (χ4v) is 3.71. The third kappa shape index (κ3) is 3.92. The molecular weight excluding hydrogens is 404 g/mol. The highest BCUT2D eigenvalue weighted by atomic mass is 16.6. The number of hydrogen-bond donors (Lipinski definition) is 0. The van der Waals surface area contributed by atoms with Gasteiger partial charge in [-0.1, -0.05) is 30.3 Å². The largest absolute Gasteiger partial charge is 0.486 e. The van der Waals surface area contributed by atoms with Crippen molar-refractivity contribution in [2.45, 2.75) is 6.10 Å². The monoisotopic (exact) mass is 426 g/mol. The number of carbonyl (C=O) groups excluding carboxylic acids is 1. The Balaban J connectivity index is 1.41. The van der Waals surface area contributed by atoms with Crippen molar-refractivity contribution in [1.29, 1.82) is 0 Å². The molecule has 2 aromatic heterocycles. The lowest BCUT2D eigenvalue weighted by atomic mass is 10.1. The molecule has 1 aliphatic rings. The van der Waals surface area contributed by atoms with Gasteiger partial charge >= 0.3 is 0 Å². The van der Waals surface area contributed by atoms with Crippen LogP contribution < -0.4 is 9.47 Å². The zero-order valence-corrected chi connectivity index (χ0v) is 17.6. The van der Waals surface area contributed by atoms with Crippen molar-refractivity contribution in [2.75, 3.05) is 20.2 Å². The van der Waals surface area contributed by atoms with Crippen LogP contribution in [0.3, 0.4) is 0 Å². The summed E-state index contributed by atoms with van der Waals surface area (Å²) in [6.45, 7) is 0.767. The van der Waals surface area contributed by atoms with Crippen LogP contribution in [0.25, 0.3) is 16.9 Å². The van der Waals surface area contributed by atoms with Gasteiger partial charge < -0.3 is 14.4 Å². The molecule has 0 saturated heterocycles. The topological polar surface area (TPSA) is 69.5 Å². The molecule has 32 heavy (non-hydrogen) atoms. The van der Waals surface area contributed by atoms with Crippen molar-refractivity contribution in [2.24, 2.45) is 0 Å². The summed E-state index contributed by atoms with van der Waals surface area (Å²) >= 11 is 0. The highest BCUT2D eigenvalue weighted by Crippen LogP contribution is 2.31. The second-order valence-corrected chi connectivity index (χ2v) is 7.60. The smallest absolute Gasteiger partial charge is 0.257 e. The summed E-state index contributed by atoms with van der Waals surface area (Å²) in [6.07, 6.45) is 4.92. The number of hydrogen-bond acceptors (Lipinski definition) is 5. The van der Waals surface area contributed by atoms with Crippen LogP contribution in [-0.4, -0.2) is 51.9 Å². The molecule has 2 aromatic carbocycles. The predicted octanol–water partition coefficient (Wildman–Crippen LogP) is 3.85. The van der Waals surface area contributed by atoms with Gasteiger partial charge in [-0.3, -0.25) is 9.78 Å². The second kappa shape index (κ2) is 8.55. The van der Waals surface area contributed by atoms with Crippen LogP contribution in [-0.2, 0) is 0 Å². The number of rotatable bonds is 5. The normalized spacial score (nSPS) is 14.7. The Morgan fingerprint density at radius 2 is 1.84 bits per heavy atom. The van der Waals surface area contributed by atoms with Gasteiger partial charge in [0.05, 0.1) is 17.8 Å². The van der Waals surface area contributed by atoms with Crippen LogP contribution >= 0.6 is 0 Å². The van der Waals surface area contributed by atoms with Gasteiger partial charge in [-0.15, -0.1) is 0 Å². The summed E-state index contributed by atoms with van der Waals surface area (Å²) in [5.41, 5.74) is 2.75. The first-order valence-electron chi connectivity index (χ1n) is 10.4. The van der Waals surface area contributed by atoms with Crippen LogP contribution in [0, 0.1) is 0 Å². The molecule has 1 atom stereocenters. The van der Waals surface area contributed by atoms with E-state index in [2.05, 4.69) is 4.98 Å². The molecule has 5 rings (SSSR count). The number of carbonyl (C=O) groups is 1. The number of amides is 1. The van der Waals surface area contributed by atoms with Crippen molar-refractivity contribution in [3.8, 4) is 28.4 Å². The maximum atomic E-state index is 13.5. The summed E-state index contributed by atoms with van der Waals surface area (Å²) in [4.78, 5) is 19.3. The molecule has 0 saturated carbocycles. The molecule has 4 aromatic rings. The third-order valence-corrected chi connectivity index (χ3v) is 5.29. The lowest BCUT2D eigenvalue weighted by Crippen LogP contribution is -2.41. The average Bonchev–Trinajstić information content (AvgIpc) is 3.30. The van der Waals surface area contributed by atoms with Crippen LogP contribution in [0.2, 0.25) is 0 Å². The van der Waals surface area contributed by atoms with E-state index < -0.39 is 0 Å². The Labute approximate surface area is 185 Å². The number of aromatic nitrogens is 3. The Kier molecular flexibility index (Phi) is 5.29. The molecule has 3 heterocycles. The van der Waals surface area contributed by atoms with E-state index in [0.29, 0.717) is 30.2 Å². The molecule has 0 bridgehead atoms. The molecule has 160 valence electrons. The Morgan fingerprint density at radius 1 is 1.06 bits per heavy atom. The molecule has 0 fully saturated rings. The zero-order valence-electron chi connectivity index (χ0n) is 17.6. The van der Waals surface area contributed by atoms with Crippen molar-refractivity contribution in [3.63, 3.8) is 0 Å². The summed E-state index contributed by atoms with van der Waals surface area (Å²) in [5, 5.41) is 4.70. The lowest BCUT2D eigenvalue weighted by Gasteiger charge is -2.29. The molecule has 0 aliphatic carbocycles. The van der Waals surface area contributed by atoms with Gasteiger partial charge in [0.2, 0.25) is 0 Å². The highest BCUT2D eigenvalue weighted by molar-refractivity contribution is 5.99. The summed E-state index contributed by atoms with van der Waals surface area (Å²) < 4.78 is 13.5.